The van der Waals surface area contributed by atoms with Gasteiger partial charge in [-0.15, -0.1) is 0 Å². The molecule has 2 aromatic rings. The van der Waals surface area contributed by atoms with E-state index in [2.05, 4.69) is 86.2 Å². The summed E-state index contributed by atoms with van der Waals surface area (Å²) in [6, 6.07) is 11.1. The third kappa shape index (κ3) is 3.06. The predicted molar refractivity (Wildman–Crippen MR) is 91.6 cm³/mol. The van der Waals surface area contributed by atoms with Crippen LogP contribution in [0.15, 0.2) is 34.8 Å². The molecule has 0 aliphatic heterocycles. The zero-order chi connectivity index (χ0) is 14.9. The molecule has 0 amide bonds. The topological polar surface area (TPSA) is 12.0 Å². The van der Waals surface area contributed by atoms with E-state index < -0.39 is 0 Å². The van der Waals surface area contributed by atoms with E-state index in [1.165, 1.54) is 27.8 Å². The van der Waals surface area contributed by atoms with Crippen molar-refractivity contribution in [2.45, 2.75) is 40.7 Å². The highest BCUT2D eigenvalue weighted by Crippen LogP contribution is 2.31. The van der Waals surface area contributed by atoms with Gasteiger partial charge in [-0.25, -0.2) is 0 Å². The fraction of sp³-hybridized carbons (Fsp3) is 0.333. The normalized spacial score (nSPS) is 12.3. The zero-order valence-electron chi connectivity index (χ0n) is 12.8. The first-order chi connectivity index (χ1) is 9.40. The highest BCUT2D eigenvalue weighted by atomic mass is 79.9. The average Bonchev–Trinajstić information content (AvgIpc) is 2.33. The van der Waals surface area contributed by atoms with Crippen molar-refractivity contribution in [3.8, 4) is 0 Å². The first-order valence-electron chi connectivity index (χ1n) is 6.99. The number of anilines is 1. The maximum Gasteiger partial charge on any atom is 0.0492 e. The second-order valence-corrected chi connectivity index (χ2v) is 6.41. The van der Waals surface area contributed by atoms with Crippen LogP contribution in [0.4, 0.5) is 5.69 Å². The molecule has 0 saturated carbocycles. The predicted octanol–water partition coefficient (Wildman–Crippen LogP) is 5.86. The van der Waals surface area contributed by atoms with Gasteiger partial charge in [0.1, 0.15) is 0 Å². The third-order valence-corrected chi connectivity index (χ3v) is 4.79. The number of nitrogens with one attached hydrogen (secondary N) is 1. The summed E-state index contributed by atoms with van der Waals surface area (Å²) in [5.41, 5.74) is 7.82. The molecule has 0 aliphatic rings. The highest BCUT2D eigenvalue weighted by Gasteiger charge is 2.13. The maximum atomic E-state index is 3.67. The van der Waals surface area contributed by atoms with Crippen molar-refractivity contribution in [3.63, 3.8) is 0 Å². The lowest BCUT2D eigenvalue weighted by Crippen LogP contribution is -2.11. The zero-order valence-corrected chi connectivity index (χ0v) is 14.4. The summed E-state index contributed by atoms with van der Waals surface area (Å²) in [6.45, 7) is 10.9. The summed E-state index contributed by atoms with van der Waals surface area (Å²) in [5, 5.41) is 3.62. The van der Waals surface area contributed by atoms with Crippen LogP contribution in [0.2, 0.25) is 0 Å². The molecule has 106 valence electrons. The van der Waals surface area contributed by atoms with Gasteiger partial charge in [-0.1, -0.05) is 29.8 Å². The van der Waals surface area contributed by atoms with Gasteiger partial charge < -0.3 is 5.32 Å². The molecule has 0 radical (unpaired) electrons. The summed E-state index contributed by atoms with van der Waals surface area (Å²) in [5.74, 6) is 0. The lowest BCUT2D eigenvalue weighted by atomic mass is 9.94. The molecule has 0 bridgehead atoms. The van der Waals surface area contributed by atoms with E-state index in [1.807, 2.05) is 0 Å². The third-order valence-electron chi connectivity index (χ3n) is 3.73. The van der Waals surface area contributed by atoms with Gasteiger partial charge in [0.05, 0.1) is 0 Å². The molecule has 0 spiro atoms. The van der Waals surface area contributed by atoms with Crippen LogP contribution in [0, 0.1) is 27.7 Å². The van der Waals surface area contributed by atoms with E-state index in [9.17, 15) is 0 Å². The van der Waals surface area contributed by atoms with E-state index in [0.29, 0.717) is 0 Å². The molecule has 1 N–H and O–H groups in total. The van der Waals surface area contributed by atoms with Gasteiger partial charge in [0.15, 0.2) is 0 Å². The lowest BCUT2D eigenvalue weighted by molar-refractivity contribution is 0.860. The smallest absolute Gasteiger partial charge is 0.0492 e. The molecule has 2 aromatic carbocycles. The number of hydrogen-bond donors (Lipinski definition) is 1. The minimum Gasteiger partial charge on any atom is -0.378 e. The summed E-state index contributed by atoms with van der Waals surface area (Å²) in [7, 11) is 0. The van der Waals surface area contributed by atoms with Gasteiger partial charge in [-0.05, 0) is 78.9 Å². The van der Waals surface area contributed by atoms with Gasteiger partial charge in [0.2, 0.25) is 0 Å². The average molecular weight is 332 g/mol. The molecule has 1 nitrogen and oxygen atoms in total. The SMILES string of the molecule is Cc1cc(C)c(C(C)Nc2cccc(C)c2Br)c(C)c1. The van der Waals surface area contributed by atoms with Crippen molar-refractivity contribution >= 4 is 21.6 Å². The van der Waals surface area contributed by atoms with Crippen molar-refractivity contribution in [3.05, 3.63) is 62.6 Å². The maximum absolute atomic E-state index is 3.67. The summed E-state index contributed by atoms with van der Waals surface area (Å²) in [4.78, 5) is 0. The molecule has 1 atom stereocenters. The molecule has 0 aliphatic carbocycles. The van der Waals surface area contributed by atoms with Gasteiger partial charge in [-0.2, -0.15) is 0 Å². The highest BCUT2D eigenvalue weighted by molar-refractivity contribution is 9.10. The molecule has 0 aromatic heterocycles. The molecule has 20 heavy (non-hydrogen) atoms. The van der Waals surface area contributed by atoms with Crippen LogP contribution >= 0.6 is 15.9 Å². The number of rotatable bonds is 3. The fourth-order valence-electron chi connectivity index (χ4n) is 2.94. The second kappa shape index (κ2) is 6.01. The minimum atomic E-state index is 0.286. The van der Waals surface area contributed by atoms with Crippen LogP contribution in [0.3, 0.4) is 0 Å². The van der Waals surface area contributed by atoms with Crippen LogP contribution in [0.5, 0.6) is 0 Å². The molecule has 0 fully saturated rings. The Morgan fingerprint density at radius 2 is 1.55 bits per heavy atom. The molecule has 0 heterocycles. The summed E-state index contributed by atoms with van der Waals surface area (Å²) in [6.07, 6.45) is 0. The van der Waals surface area contributed by atoms with E-state index in [0.717, 1.165) is 10.2 Å². The number of aryl methyl sites for hydroxylation is 4. The Morgan fingerprint density at radius 3 is 2.15 bits per heavy atom. The second-order valence-electron chi connectivity index (χ2n) is 5.61. The minimum absolute atomic E-state index is 0.286. The first kappa shape index (κ1) is 15.1. The van der Waals surface area contributed by atoms with Crippen LogP contribution in [-0.2, 0) is 0 Å². The van der Waals surface area contributed by atoms with Gasteiger partial charge >= 0.3 is 0 Å². The lowest BCUT2D eigenvalue weighted by Gasteiger charge is -2.22. The van der Waals surface area contributed by atoms with Gasteiger partial charge in [0, 0.05) is 16.2 Å². The van der Waals surface area contributed by atoms with Crippen molar-refractivity contribution in [2.75, 3.05) is 5.32 Å². The van der Waals surface area contributed by atoms with E-state index in [4.69, 9.17) is 0 Å². The number of halogens is 1. The van der Waals surface area contributed by atoms with E-state index in [-0.39, 0.29) is 6.04 Å². The van der Waals surface area contributed by atoms with E-state index >= 15 is 0 Å². The van der Waals surface area contributed by atoms with Gasteiger partial charge in [-0.3, -0.25) is 0 Å². The fourth-order valence-corrected chi connectivity index (χ4v) is 3.32. The molecule has 2 rings (SSSR count). The molecule has 0 saturated heterocycles. The first-order valence-corrected chi connectivity index (χ1v) is 7.79. The number of hydrogen-bond acceptors (Lipinski definition) is 1. The molecule has 1 unspecified atom stereocenters. The van der Waals surface area contributed by atoms with Crippen LogP contribution in [0.1, 0.15) is 40.8 Å². The number of benzene rings is 2. The monoisotopic (exact) mass is 331 g/mol. The van der Waals surface area contributed by atoms with Crippen LogP contribution in [-0.4, -0.2) is 0 Å². The Hall–Kier alpha value is -1.28. The van der Waals surface area contributed by atoms with Crippen LogP contribution in [0.25, 0.3) is 0 Å². The van der Waals surface area contributed by atoms with Crippen molar-refractivity contribution < 1.29 is 0 Å². The molecular weight excluding hydrogens is 310 g/mol. The van der Waals surface area contributed by atoms with Crippen molar-refractivity contribution in [1.82, 2.24) is 0 Å². The largest absolute Gasteiger partial charge is 0.378 e. The Balaban J connectivity index is 2.33. The summed E-state index contributed by atoms with van der Waals surface area (Å²) < 4.78 is 1.15. The van der Waals surface area contributed by atoms with Crippen molar-refractivity contribution in [2.24, 2.45) is 0 Å². The Bertz CT molecular complexity index is 608. The Kier molecular flexibility index (Phi) is 4.54. The van der Waals surface area contributed by atoms with Crippen molar-refractivity contribution in [1.29, 1.82) is 0 Å². The Labute approximate surface area is 130 Å². The Morgan fingerprint density at radius 1 is 0.950 bits per heavy atom. The van der Waals surface area contributed by atoms with E-state index in [1.54, 1.807) is 0 Å². The molecule has 2 heteroatoms. The summed E-state index contributed by atoms with van der Waals surface area (Å²) >= 11 is 3.67. The van der Waals surface area contributed by atoms with Gasteiger partial charge in [0.25, 0.3) is 0 Å². The quantitative estimate of drug-likeness (QED) is 0.743. The molecular formula is C18H22BrN. The van der Waals surface area contributed by atoms with Crippen LogP contribution < -0.4 is 5.32 Å². The standard InChI is InChI=1S/C18H22BrN/c1-11-9-13(3)17(14(4)10-11)15(5)20-16-8-6-7-12(2)18(16)19/h6-10,15,20H,1-5H3.